The molecule has 0 fully saturated rings. The predicted molar refractivity (Wildman–Crippen MR) is 236 cm³/mol. The van der Waals surface area contributed by atoms with E-state index < -0.39 is 30.0 Å². The van der Waals surface area contributed by atoms with Crippen LogP contribution >= 0.6 is 66.3 Å². The van der Waals surface area contributed by atoms with E-state index in [0.717, 1.165) is 34.0 Å². The van der Waals surface area contributed by atoms with E-state index in [1.165, 1.54) is 23.9 Å². The highest BCUT2D eigenvalue weighted by atomic mass is 79.9. The number of azo groups is 2. The van der Waals surface area contributed by atoms with E-state index in [2.05, 4.69) is 87.7 Å². The Bertz CT molecular complexity index is 2360. The van der Waals surface area contributed by atoms with E-state index in [1.807, 2.05) is 52.0 Å². The molecule has 0 amide bonds. The summed E-state index contributed by atoms with van der Waals surface area (Å²) >= 11 is 9.61. The summed E-state index contributed by atoms with van der Waals surface area (Å²) in [6.07, 6.45) is 0. The molecule has 0 atom stereocenters. The summed E-state index contributed by atoms with van der Waals surface area (Å²) in [5.41, 5.74) is 3.07. The van der Waals surface area contributed by atoms with Gasteiger partial charge in [-0.1, -0.05) is 11.8 Å². The Morgan fingerprint density at radius 2 is 1.09 bits per heavy atom. The molecule has 0 aliphatic heterocycles. The van der Waals surface area contributed by atoms with Crippen molar-refractivity contribution in [2.75, 3.05) is 59.0 Å². The molecule has 5 rings (SSSR count). The number of halogens is 2. The van der Waals surface area contributed by atoms with Crippen LogP contribution in [0.4, 0.5) is 56.0 Å². The van der Waals surface area contributed by atoms with Crippen molar-refractivity contribution in [1.29, 1.82) is 0 Å². The lowest BCUT2D eigenvalue weighted by Crippen LogP contribution is -2.21. The third-order valence-corrected chi connectivity index (χ3v) is 13.9. The molecule has 58 heavy (non-hydrogen) atoms. The largest absolute Gasteiger partial charge is 0.396 e. The molecular weight excluding hydrogens is 983 g/mol. The van der Waals surface area contributed by atoms with Crippen molar-refractivity contribution in [1.82, 2.24) is 15.0 Å². The van der Waals surface area contributed by atoms with Gasteiger partial charge in [0.25, 0.3) is 20.2 Å². The van der Waals surface area contributed by atoms with Crippen LogP contribution in [0.3, 0.4) is 0 Å². The Hall–Kier alpha value is -3.66. The number of aromatic nitrogens is 3. The fourth-order valence-corrected chi connectivity index (χ4v) is 10.8. The van der Waals surface area contributed by atoms with E-state index in [-0.39, 0.29) is 39.4 Å². The van der Waals surface area contributed by atoms with Crippen molar-refractivity contribution in [3.05, 3.63) is 56.1 Å². The number of rotatable bonds is 19. The summed E-state index contributed by atoms with van der Waals surface area (Å²) < 4.78 is 68.5. The molecule has 0 aliphatic rings. The fourth-order valence-electron chi connectivity index (χ4n) is 5.29. The van der Waals surface area contributed by atoms with Gasteiger partial charge in [-0.2, -0.15) is 31.8 Å². The number of aliphatic hydroxyl groups excluding tert-OH is 1. The van der Waals surface area contributed by atoms with Crippen LogP contribution in [0.1, 0.15) is 27.7 Å². The number of benzene rings is 2. The Morgan fingerprint density at radius 3 is 1.45 bits per heavy atom. The van der Waals surface area contributed by atoms with E-state index >= 15 is 0 Å². The third kappa shape index (κ3) is 11.8. The molecule has 310 valence electrons. The normalized spacial score (nSPS) is 12.2. The van der Waals surface area contributed by atoms with E-state index in [4.69, 9.17) is 0 Å². The second-order valence-corrected chi connectivity index (χ2v) is 20.3. The van der Waals surface area contributed by atoms with E-state index in [0.29, 0.717) is 56.5 Å². The van der Waals surface area contributed by atoms with Crippen molar-refractivity contribution in [3.8, 4) is 0 Å². The van der Waals surface area contributed by atoms with E-state index in [9.17, 15) is 31.0 Å². The number of nitrogens with zero attached hydrogens (tertiary/aromatic N) is 9. The van der Waals surface area contributed by atoms with Gasteiger partial charge in [0.2, 0.25) is 11.9 Å². The second kappa shape index (κ2) is 20.1. The van der Waals surface area contributed by atoms with Gasteiger partial charge in [0.15, 0.2) is 15.2 Å². The Balaban J connectivity index is 1.60. The lowest BCUT2D eigenvalue weighted by atomic mass is 10.2. The summed E-state index contributed by atoms with van der Waals surface area (Å²) in [5.74, 6) is 0.427. The third-order valence-electron chi connectivity index (χ3n) is 8.00. The first-order valence-electron chi connectivity index (χ1n) is 17.3. The van der Waals surface area contributed by atoms with Gasteiger partial charge in [-0.15, -0.1) is 43.1 Å². The Labute approximate surface area is 364 Å². The summed E-state index contributed by atoms with van der Waals surface area (Å²) in [6.45, 7) is 10.7. The molecule has 0 saturated carbocycles. The standard InChI is InChI=1S/C33H37Br2N11O7S5/c1-5-45(6-2)19-9-11-21(41-43-29-25(57(48,49)50)17-27(34)55-29)23(15-19)36-31-38-32(40-33(39-31)54-14-13-47)37-24-16-20(46(7-3)8-4)10-12-22(24)42-44-30-26(58(51,52)53)18-28(35)56-30/h9-12,15-18,47H,5-8,13-14H2,1-4H3,(H,48,49,50)(H,51,52,53)(H2,36,37,38,39,40)/b43-41+,44-42+. The molecule has 18 nitrogen and oxygen atoms in total. The van der Waals surface area contributed by atoms with Gasteiger partial charge in [-0.25, -0.2) is 0 Å². The number of aliphatic hydroxyl groups is 1. The van der Waals surface area contributed by atoms with Crippen LogP contribution in [0.25, 0.3) is 0 Å². The van der Waals surface area contributed by atoms with Crippen LogP contribution in [-0.4, -0.2) is 84.5 Å². The van der Waals surface area contributed by atoms with Gasteiger partial charge in [0, 0.05) is 43.3 Å². The molecule has 0 saturated heterocycles. The SMILES string of the molecule is CCN(CC)c1ccc(/N=N/c2sc(Br)cc2S(=O)(=O)O)c(Nc2nc(Nc3cc(N(CC)CC)ccc3/N=N/c3sc(Br)cc3S(=O)(=O)O)nc(SCCO)n2)c1. The minimum absolute atomic E-state index is 0.0386. The molecular formula is C33H37Br2N11O7S5. The zero-order chi connectivity index (χ0) is 42.2. The molecule has 0 radical (unpaired) electrons. The molecule has 2 aromatic carbocycles. The van der Waals surface area contributed by atoms with Gasteiger partial charge in [-0.3, -0.25) is 9.11 Å². The van der Waals surface area contributed by atoms with Gasteiger partial charge >= 0.3 is 0 Å². The minimum Gasteiger partial charge on any atom is -0.396 e. The van der Waals surface area contributed by atoms with Crippen LogP contribution in [-0.2, 0) is 20.2 Å². The molecule has 5 aromatic rings. The maximum absolute atomic E-state index is 12.0. The highest BCUT2D eigenvalue weighted by Crippen LogP contribution is 2.42. The second-order valence-electron chi connectivity index (χ2n) is 11.6. The van der Waals surface area contributed by atoms with Crippen molar-refractivity contribution < 1.29 is 31.0 Å². The molecule has 0 aliphatic carbocycles. The van der Waals surface area contributed by atoms with Crippen molar-refractivity contribution in [2.24, 2.45) is 20.5 Å². The molecule has 5 N–H and O–H groups in total. The Kier molecular flexibility index (Phi) is 15.7. The van der Waals surface area contributed by atoms with Gasteiger partial charge < -0.3 is 25.5 Å². The zero-order valence-corrected chi connectivity index (χ0v) is 38.4. The quantitative estimate of drug-likeness (QED) is 0.0293. The molecule has 3 aromatic heterocycles. The first kappa shape index (κ1) is 45.4. The van der Waals surface area contributed by atoms with Gasteiger partial charge in [0.05, 0.1) is 25.6 Å². The molecule has 25 heteroatoms. The smallest absolute Gasteiger partial charge is 0.297 e. The van der Waals surface area contributed by atoms with Gasteiger partial charge in [-0.05, 0) is 108 Å². The van der Waals surface area contributed by atoms with Crippen LogP contribution < -0.4 is 20.4 Å². The summed E-state index contributed by atoms with van der Waals surface area (Å²) in [5, 5.41) is 33.3. The van der Waals surface area contributed by atoms with Crippen LogP contribution in [0.2, 0.25) is 0 Å². The van der Waals surface area contributed by atoms with Crippen molar-refractivity contribution >= 4 is 143 Å². The molecule has 0 unspecified atom stereocenters. The predicted octanol–water partition coefficient (Wildman–Crippen LogP) is 10.1. The lowest BCUT2D eigenvalue weighted by Gasteiger charge is -2.22. The average molecular weight is 1020 g/mol. The lowest BCUT2D eigenvalue weighted by molar-refractivity contribution is 0.322. The molecule has 3 heterocycles. The van der Waals surface area contributed by atoms with Crippen LogP contribution in [0, 0.1) is 0 Å². The number of thioether (sulfide) groups is 1. The number of hydrogen-bond acceptors (Lipinski definition) is 19. The number of anilines is 6. The molecule has 0 bridgehead atoms. The number of hydrogen-bond donors (Lipinski definition) is 5. The highest BCUT2D eigenvalue weighted by Gasteiger charge is 2.22. The van der Waals surface area contributed by atoms with Crippen molar-refractivity contribution in [3.63, 3.8) is 0 Å². The summed E-state index contributed by atoms with van der Waals surface area (Å²) in [6, 6.07) is 13.2. The maximum Gasteiger partial charge on any atom is 0.297 e. The summed E-state index contributed by atoms with van der Waals surface area (Å²) in [7, 11) is -9.17. The first-order chi connectivity index (χ1) is 27.6. The molecule has 0 spiro atoms. The topological polar surface area (TPSA) is 248 Å². The van der Waals surface area contributed by atoms with Crippen molar-refractivity contribution in [2.45, 2.75) is 42.6 Å². The average Bonchev–Trinajstić information content (AvgIpc) is 3.76. The van der Waals surface area contributed by atoms with Crippen LogP contribution in [0.15, 0.2) is 91.5 Å². The van der Waals surface area contributed by atoms with Gasteiger partial charge in [0.1, 0.15) is 21.2 Å². The fraction of sp³-hybridized carbons (Fsp3) is 0.303. The highest BCUT2D eigenvalue weighted by molar-refractivity contribution is 9.11. The first-order valence-corrected chi connectivity index (χ1v) is 24.3. The number of nitrogens with one attached hydrogen (secondary N) is 2. The van der Waals surface area contributed by atoms with E-state index in [1.54, 1.807) is 12.1 Å². The summed E-state index contributed by atoms with van der Waals surface area (Å²) in [4.78, 5) is 17.2. The Morgan fingerprint density at radius 1 is 0.672 bits per heavy atom. The monoisotopic (exact) mass is 1020 g/mol. The zero-order valence-electron chi connectivity index (χ0n) is 31.2. The number of thiophene rings is 2. The van der Waals surface area contributed by atoms with Crippen LogP contribution in [0.5, 0.6) is 0 Å². The maximum atomic E-state index is 12.0. The minimum atomic E-state index is -4.58.